The van der Waals surface area contributed by atoms with Crippen molar-refractivity contribution in [3.63, 3.8) is 0 Å². The molecule has 2 aromatic carbocycles. The summed E-state index contributed by atoms with van der Waals surface area (Å²) < 4.78 is 5.30. The highest BCUT2D eigenvalue weighted by molar-refractivity contribution is 5.94. The smallest absolute Gasteiger partial charge is 0.251 e. The van der Waals surface area contributed by atoms with Crippen LogP contribution in [0.2, 0.25) is 0 Å². The largest absolute Gasteiger partial charge is 0.495 e. The molecule has 27 heavy (non-hydrogen) atoms. The summed E-state index contributed by atoms with van der Waals surface area (Å²) in [7, 11) is 1.57. The first-order valence-corrected chi connectivity index (χ1v) is 8.49. The number of hydrogen-bond acceptors (Lipinski definition) is 5. The average molecular weight is 360 g/mol. The molecule has 136 valence electrons. The van der Waals surface area contributed by atoms with Gasteiger partial charge in [-0.3, -0.25) is 4.79 Å². The lowest BCUT2D eigenvalue weighted by molar-refractivity contribution is 0.0943. The fraction of sp³-hybridized carbons (Fsp3) is 0.190. The lowest BCUT2D eigenvalue weighted by Crippen LogP contribution is -2.29. The molecule has 0 aliphatic heterocycles. The zero-order chi connectivity index (χ0) is 19.4. The number of hydrogen-bond donors (Lipinski definition) is 2. The highest BCUT2D eigenvalue weighted by Crippen LogP contribution is 2.25. The van der Waals surface area contributed by atoms with Gasteiger partial charge in [0.1, 0.15) is 5.75 Å². The molecule has 0 radical (unpaired) electrons. The van der Waals surface area contributed by atoms with Gasteiger partial charge in [-0.25, -0.2) is 9.97 Å². The summed E-state index contributed by atoms with van der Waals surface area (Å²) in [5.41, 5.74) is 2.75. The normalized spacial score (nSPS) is 10.5. The molecule has 1 heterocycles. The second-order valence-corrected chi connectivity index (χ2v) is 6.28. The number of terminal acetylenes is 1. The minimum atomic E-state index is -0.102. The summed E-state index contributed by atoms with van der Waals surface area (Å²) in [6.07, 6.45) is 7.20. The van der Waals surface area contributed by atoms with Crippen molar-refractivity contribution in [1.82, 2.24) is 15.3 Å². The Morgan fingerprint density at radius 2 is 1.96 bits per heavy atom. The third-order valence-corrected chi connectivity index (χ3v) is 3.88. The van der Waals surface area contributed by atoms with Gasteiger partial charge < -0.3 is 15.4 Å². The van der Waals surface area contributed by atoms with E-state index < -0.39 is 0 Å². The van der Waals surface area contributed by atoms with Crippen LogP contribution in [-0.4, -0.2) is 29.0 Å². The topological polar surface area (TPSA) is 76.1 Å². The maximum absolute atomic E-state index is 12.0. The maximum atomic E-state index is 12.0. The van der Waals surface area contributed by atoms with Crippen LogP contribution in [0.4, 0.5) is 11.6 Å². The number of nitrogens with zero attached hydrogens (tertiary/aromatic N) is 2. The Morgan fingerprint density at radius 3 is 2.59 bits per heavy atom. The van der Waals surface area contributed by atoms with Crippen molar-refractivity contribution in [2.45, 2.75) is 19.9 Å². The minimum Gasteiger partial charge on any atom is -0.495 e. The van der Waals surface area contributed by atoms with E-state index in [1.807, 2.05) is 32.0 Å². The Morgan fingerprint density at radius 1 is 1.22 bits per heavy atom. The van der Waals surface area contributed by atoms with Crippen LogP contribution in [0.1, 0.15) is 29.8 Å². The Labute approximate surface area is 158 Å². The maximum Gasteiger partial charge on any atom is 0.251 e. The summed E-state index contributed by atoms with van der Waals surface area (Å²) in [4.78, 5) is 20.8. The number of amides is 1. The highest BCUT2D eigenvalue weighted by atomic mass is 16.5. The summed E-state index contributed by atoms with van der Waals surface area (Å²) >= 11 is 0. The van der Waals surface area contributed by atoms with Crippen LogP contribution in [0.3, 0.4) is 0 Å². The van der Waals surface area contributed by atoms with Crippen LogP contribution in [0.5, 0.6) is 5.75 Å². The molecule has 0 fully saturated rings. The van der Waals surface area contributed by atoms with Crippen molar-refractivity contribution < 1.29 is 9.53 Å². The molecule has 0 bridgehead atoms. The predicted molar refractivity (Wildman–Crippen MR) is 106 cm³/mol. The molecule has 6 nitrogen and oxygen atoms in total. The molecule has 0 aliphatic rings. The number of anilines is 2. The van der Waals surface area contributed by atoms with E-state index in [0.29, 0.717) is 22.8 Å². The van der Waals surface area contributed by atoms with Crippen molar-refractivity contribution in [3.05, 3.63) is 53.7 Å². The zero-order valence-electron chi connectivity index (χ0n) is 15.4. The summed E-state index contributed by atoms with van der Waals surface area (Å²) in [6, 6.07) is 10.8. The Kier molecular flexibility index (Phi) is 5.23. The molecule has 0 spiro atoms. The number of benzene rings is 2. The number of carbonyl (C=O) groups excluding carboxylic acids is 1. The van der Waals surface area contributed by atoms with Crippen LogP contribution < -0.4 is 15.4 Å². The molecular formula is C21H20N4O2. The van der Waals surface area contributed by atoms with Crippen LogP contribution in [0.15, 0.2) is 42.6 Å². The summed E-state index contributed by atoms with van der Waals surface area (Å²) in [5.74, 6) is 3.52. The molecule has 1 aromatic heterocycles. The molecule has 3 aromatic rings. The number of carbonyl (C=O) groups is 1. The Bertz CT molecular complexity index is 1020. The lowest BCUT2D eigenvalue weighted by atomic mass is 10.1. The van der Waals surface area contributed by atoms with Crippen molar-refractivity contribution in [3.8, 4) is 18.1 Å². The van der Waals surface area contributed by atoms with Gasteiger partial charge in [0.15, 0.2) is 0 Å². The van der Waals surface area contributed by atoms with Gasteiger partial charge >= 0.3 is 0 Å². The van der Waals surface area contributed by atoms with Gasteiger partial charge in [-0.05, 0) is 44.2 Å². The van der Waals surface area contributed by atoms with E-state index in [1.165, 1.54) is 0 Å². The van der Waals surface area contributed by atoms with E-state index in [9.17, 15) is 4.79 Å². The summed E-state index contributed by atoms with van der Waals surface area (Å²) in [6.45, 7) is 3.85. The molecule has 3 rings (SSSR count). The van der Waals surface area contributed by atoms with E-state index in [-0.39, 0.29) is 11.9 Å². The van der Waals surface area contributed by atoms with E-state index in [2.05, 4.69) is 26.5 Å². The van der Waals surface area contributed by atoms with Gasteiger partial charge in [-0.15, -0.1) is 6.42 Å². The third kappa shape index (κ3) is 4.15. The van der Waals surface area contributed by atoms with Crippen LogP contribution in [0, 0.1) is 12.3 Å². The zero-order valence-corrected chi connectivity index (χ0v) is 15.4. The van der Waals surface area contributed by atoms with Gasteiger partial charge in [-0.1, -0.05) is 5.92 Å². The predicted octanol–water partition coefficient (Wildman–Crippen LogP) is 3.50. The fourth-order valence-corrected chi connectivity index (χ4v) is 2.58. The monoisotopic (exact) mass is 360 g/mol. The van der Waals surface area contributed by atoms with Gasteiger partial charge in [0, 0.05) is 34.9 Å². The average Bonchev–Trinajstić information content (AvgIpc) is 2.66. The Hall–Kier alpha value is -3.59. The third-order valence-electron chi connectivity index (χ3n) is 3.88. The van der Waals surface area contributed by atoms with Crippen molar-refractivity contribution in [2.24, 2.45) is 0 Å². The number of nitrogens with one attached hydrogen (secondary N) is 2. The molecule has 0 aliphatic carbocycles. The van der Waals surface area contributed by atoms with Gasteiger partial charge in [0.05, 0.1) is 18.2 Å². The SMILES string of the molecule is C#Cc1cc2cnc(Nc3ccc(C(=O)NC(C)C)cc3)nc2cc1OC. The van der Waals surface area contributed by atoms with Crippen molar-refractivity contribution >= 4 is 28.4 Å². The van der Waals surface area contributed by atoms with Crippen molar-refractivity contribution in [2.75, 3.05) is 12.4 Å². The lowest BCUT2D eigenvalue weighted by Gasteiger charge is -2.10. The number of ether oxygens (including phenoxy) is 1. The molecule has 0 unspecified atom stereocenters. The van der Waals surface area contributed by atoms with E-state index in [0.717, 1.165) is 16.6 Å². The minimum absolute atomic E-state index is 0.0910. The van der Waals surface area contributed by atoms with Gasteiger partial charge in [0.2, 0.25) is 5.95 Å². The van der Waals surface area contributed by atoms with Gasteiger partial charge in [-0.2, -0.15) is 0 Å². The standard InChI is InChI=1S/C21H20N4O2/c1-5-14-10-16-12-22-21(25-18(16)11-19(14)27-4)24-17-8-6-15(7-9-17)20(26)23-13(2)3/h1,6-13H,2-4H3,(H,23,26)(H,22,24,25). The fourth-order valence-electron chi connectivity index (χ4n) is 2.58. The van der Waals surface area contributed by atoms with Crippen LogP contribution in [-0.2, 0) is 0 Å². The van der Waals surface area contributed by atoms with Crippen molar-refractivity contribution in [1.29, 1.82) is 0 Å². The second kappa shape index (κ2) is 7.75. The number of methoxy groups -OCH3 is 1. The molecule has 0 saturated carbocycles. The molecule has 2 N–H and O–H groups in total. The quantitative estimate of drug-likeness (QED) is 0.681. The van der Waals surface area contributed by atoms with Crippen LogP contribution in [0.25, 0.3) is 10.9 Å². The van der Waals surface area contributed by atoms with E-state index in [4.69, 9.17) is 11.2 Å². The molecule has 0 atom stereocenters. The first kappa shape index (κ1) is 18.2. The molecule has 0 saturated heterocycles. The second-order valence-electron chi connectivity index (χ2n) is 6.28. The number of fused-ring (bicyclic) bond motifs is 1. The van der Waals surface area contributed by atoms with Gasteiger partial charge in [0.25, 0.3) is 5.91 Å². The first-order valence-electron chi connectivity index (χ1n) is 8.49. The summed E-state index contributed by atoms with van der Waals surface area (Å²) in [5, 5.41) is 6.82. The first-order chi connectivity index (χ1) is 13.0. The van der Waals surface area contributed by atoms with E-state index in [1.54, 1.807) is 31.5 Å². The molecular weight excluding hydrogens is 340 g/mol. The molecule has 1 amide bonds. The number of aromatic nitrogens is 2. The number of rotatable bonds is 5. The Balaban J connectivity index is 1.82. The van der Waals surface area contributed by atoms with E-state index >= 15 is 0 Å². The van der Waals surface area contributed by atoms with Crippen LogP contribution >= 0.6 is 0 Å². The molecule has 6 heteroatoms. The highest BCUT2D eigenvalue weighted by Gasteiger charge is 2.09.